The maximum Gasteiger partial charge on any atom is 0.306 e. The van der Waals surface area contributed by atoms with Gasteiger partial charge in [0.05, 0.1) is 25.2 Å². The highest BCUT2D eigenvalue weighted by Crippen LogP contribution is 2.18. The Balaban J connectivity index is 4.59. The summed E-state index contributed by atoms with van der Waals surface area (Å²) < 4.78 is 5.90. The number of carbonyl (C=O) groups excluding carboxylic acids is 2. The lowest BCUT2D eigenvalue weighted by molar-refractivity contribution is -0.150. The number of unbranched alkanes of at least 4 members (excludes halogenated alkanes) is 33. The van der Waals surface area contributed by atoms with Gasteiger partial charge in [0.15, 0.2) is 0 Å². The minimum Gasteiger partial charge on any atom is -0.461 e. The van der Waals surface area contributed by atoms with E-state index in [0.29, 0.717) is 19.3 Å². The number of aliphatic hydroxyl groups excluding tert-OH is 2. The molecule has 0 saturated heterocycles. The Labute approximate surface area is 428 Å². The van der Waals surface area contributed by atoms with E-state index in [1.165, 1.54) is 186 Å². The molecule has 0 aliphatic carbocycles. The van der Waals surface area contributed by atoms with Gasteiger partial charge in [-0.15, -0.1) is 0 Å². The molecule has 402 valence electrons. The van der Waals surface area contributed by atoms with Gasteiger partial charge in [-0.25, -0.2) is 0 Å². The number of aliphatic hydroxyl groups is 2. The van der Waals surface area contributed by atoms with Crippen LogP contribution in [0.1, 0.15) is 303 Å². The van der Waals surface area contributed by atoms with Crippen LogP contribution in [0.3, 0.4) is 0 Å². The van der Waals surface area contributed by atoms with Gasteiger partial charge in [0.1, 0.15) is 6.10 Å². The van der Waals surface area contributed by atoms with E-state index in [-0.39, 0.29) is 24.9 Å². The van der Waals surface area contributed by atoms with Crippen molar-refractivity contribution in [1.29, 1.82) is 0 Å². The number of nitrogens with one attached hydrogen (secondary N) is 1. The summed E-state index contributed by atoms with van der Waals surface area (Å²) in [5, 5.41) is 23.9. The van der Waals surface area contributed by atoms with Crippen molar-refractivity contribution in [3.63, 3.8) is 0 Å². The van der Waals surface area contributed by atoms with E-state index in [1.54, 1.807) is 0 Å². The Hall–Kier alpha value is -2.44. The van der Waals surface area contributed by atoms with E-state index in [9.17, 15) is 19.8 Å². The molecule has 6 heteroatoms. The zero-order valence-electron chi connectivity index (χ0n) is 45.9. The van der Waals surface area contributed by atoms with Gasteiger partial charge in [0, 0.05) is 12.8 Å². The second-order valence-corrected chi connectivity index (χ2v) is 20.4. The third kappa shape index (κ3) is 51.7. The zero-order chi connectivity index (χ0) is 50.2. The van der Waals surface area contributed by atoms with Crippen LogP contribution in [0.5, 0.6) is 0 Å². The molecule has 6 nitrogen and oxygen atoms in total. The number of hydrogen-bond acceptors (Lipinski definition) is 5. The summed E-state index contributed by atoms with van der Waals surface area (Å²) in [7, 11) is 0. The van der Waals surface area contributed by atoms with Gasteiger partial charge in [-0.05, 0) is 44.9 Å². The highest BCUT2D eigenvalue weighted by Gasteiger charge is 2.23. The maximum atomic E-state index is 13.3. The van der Waals surface area contributed by atoms with Crippen molar-refractivity contribution in [2.24, 2.45) is 0 Å². The van der Waals surface area contributed by atoms with Gasteiger partial charge >= 0.3 is 5.97 Å². The highest BCUT2D eigenvalue weighted by atomic mass is 16.5. The SMILES string of the molecule is CC/C=C\C/C=C\C/C=C\C/C=C\C/C=C\CC(CC(=O)NC(CO)C(O)CCCCCCCCCCCCCCCCCCC)OC(=O)CCCCCCCCCCCCCCCCCCCC. The summed E-state index contributed by atoms with van der Waals surface area (Å²) >= 11 is 0. The molecule has 0 aliphatic rings. The van der Waals surface area contributed by atoms with Crippen LogP contribution >= 0.6 is 0 Å². The Bertz CT molecular complexity index is 1220. The van der Waals surface area contributed by atoms with Crippen LogP contribution in [0.25, 0.3) is 0 Å². The fourth-order valence-electron chi connectivity index (χ4n) is 9.10. The summed E-state index contributed by atoms with van der Waals surface area (Å²) in [5.41, 5.74) is 0. The summed E-state index contributed by atoms with van der Waals surface area (Å²) in [6.45, 7) is 6.38. The van der Waals surface area contributed by atoms with Crippen molar-refractivity contribution in [3.8, 4) is 0 Å². The highest BCUT2D eigenvalue weighted by molar-refractivity contribution is 5.77. The lowest BCUT2D eigenvalue weighted by atomic mass is 10.0. The molecule has 0 aromatic heterocycles. The van der Waals surface area contributed by atoms with Crippen LogP contribution in [-0.2, 0) is 14.3 Å². The van der Waals surface area contributed by atoms with Crippen molar-refractivity contribution in [1.82, 2.24) is 5.32 Å². The molecule has 3 unspecified atom stereocenters. The van der Waals surface area contributed by atoms with Crippen LogP contribution in [-0.4, -0.2) is 46.9 Å². The molecule has 69 heavy (non-hydrogen) atoms. The van der Waals surface area contributed by atoms with Gasteiger partial charge in [-0.1, -0.05) is 300 Å². The minimum atomic E-state index is -0.813. The van der Waals surface area contributed by atoms with Gasteiger partial charge in [0.25, 0.3) is 0 Å². The third-order valence-corrected chi connectivity index (χ3v) is 13.6. The van der Waals surface area contributed by atoms with E-state index in [1.807, 2.05) is 6.08 Å². The summed E-state index contributed by atoms with van der Waals surface area (Å²) in [6, 6.07) is -0.733. The van der Waals surface area contributed by atoms with Crippen LogP contribution in [0.2, 0.25) is 0 Å². The van der Waals surface area contributed by atoms with Gasteiger partial charge in [-0.3, -0.25) is 9.59 Å². The number of esters is 1. The fraction of sp³-hybridized carbons (Fsp3) is 0.810. The second-order valence-electron chi connectivity index (χ2n) is 20.4. The number of ether oxygens (including phenoxy) is 1. The molecule has 0 spiro atoms. The monoisotopic (exact) mass is 966 g/mol. The molecule has 0 bridgehead atoms. The Morgan fingerprint density at radius 1 is 0.435 bits per heavy atom. The molecular weight excluding hydrogens is 851 g/mol. The van der Waals surface area contributed by atoms with Crippen molar-refractivity contribution in [3.05, 3.63) is 60.8 Å². The van der Waals surface area contributed by atoms with Crippen LogP contribution in [0.4, 0.5) is 0 Å². The first-order chi connectivity index (χ1) is 34.0. The first-order valence-corrected chi connectivity index (χ1v) is 30.0. The quantitative estimate of drug-likeness (QED) is 0.0321. The second kappa shape index (κ2) is 56.5. The molecule has 3 atom stereocenters. The summed E-state index contributed by atoms with van der Waals surface area (Å²) in [5.74, 6) is -0.567. The smallest absolute Gasteiger partial charge is 0.306 e. The standard InChI is InChI=1S/C63H115NO5/c1-4-7-10-13-16-19-22-25-28-30-32-35-38-41-44-47-50-53-56-63(68)69-59(54-51-48-45-42-39-36-33-27-24-21-18-15-12-9-6-3)57-62(67)64-60(58-65)61(66)55-52-49-46-43-40-37-34-31-29-26-23-20-17-14-11-8-5-2/h9,12,18,21,27,33,39,42,48,51,59-61,65-66H,4-8,10-11,13-17,19-20,22-26,28-32,34-38,40-41,43-47,49-50,52-58H2,1-3H3,(H,64,67)/b12-9-,21-18-,33-27-,42-39-,51-48-. The maximum absolute atomic E-state index is 13.3. The predicted molar refractivity (Wildman–Crippen MR) is 301 cm³/mol. The van der Waals surface area contributed by atoms with E-state index in [2.05, 4.69) is 80.8 Å². The molecule has 0 aromatic carbocycles. The molecule has 0 radical (unpaired) electrons. The Kier molecular flexibility index (Phi) is 54.5. The normalized spacial score (nSPS) is 13.5. The zero-order valence-corrected chi connectivity index (χ0v) is 45.9. The van der Waals surface area contributed by atoms with Crippen LogP contribution in [0.15, 0.2) is 60.8 Å². The molecule has 0 rings (SSSR count). The van der Waals surface area contributed by atoms with Crippen molar-refractivity contribution >= 4 is 11.9 Å². The van der Waals surface area contributed by atoms with E-state index in [4.69, 9.17) is 4.74 Å². The molecule has 0 fully saturated rings. The largest absolute Gasteiger partial charge is 0.461 e. The van der Waals surface area contributed by atoms with Gasteiger partial charge in [-0.2, -0.15) is 0 Å². The van der Waals surface area contributed by atoms with Gasteiger partial charge in [0.2, 0.25) is 5.91 Å². The van der Waals surface area contributed by atoms with Crippen LogP contribution in [0, 0.1) is 0 Å². The molecule has 0 aliphatic heterocycles. The van der Waals surface area contributed by atoms with Gasteiger partial charge < -0.3 is 20.3 Å². The molecule has 3 N–H and O–H groups in total. The number of hydrogen-bond donors (Lipinski definition) is 3. The lowest BCUT2D eigenvalue weighted by Crippen LogP contribution is -2.46. The van der Waals surface area contributed by atoms with E-state index in [0.717, 1.165) is 70.6 Å². The summed E-state index contributed by atoms with van der Waals surface area (Å²) in [6.07, 6.45) is 71.7. The van der Waals surface area contributed by atoms with Crippen molar-refractivity contribution in [2.75, 3.05) is 6.61 Å². The first kappa shape index (κ1) is 66.6. The molecule has 1 amide bonds. The number of rotatable bonds is 54. The Morgan fingerprint density at radius 2 is 0.754 bits per heavy atom. The molecule has 0 heterocycles. The molecular formula is C63H115NO5. The average Bonchev–Trinajstić information content (AvgIpc) is 3.34. The summed E-state index contributed by atoms with van der Waals surface area (Å²) in [4.78, 5) is 26.3. The third-order valence-electron chi connectivity index (χ3n) is 13.6. The average molecular weight is 967 g/mol. The molecule has 0 aromatic rings. The minimum absolute atomic E-state index is 0.00151. The number of amides is 1. The first-order valence-electron chi connectivity index (χ1n) is 30.0. The number of allylic oxidation sites excluding steroid dienone is 9. The fourth-order valence-corrected chi connectivity index (χ4v) is 9.10. The van der Waals surface area contributed by atoms with E-state index < -0.39 is 18.2 Å². The van der Waals surface area contributed by atoms with E-state index >= 15 is 0 Å². The molecule has 0 saturated carbocycles. The Morgan fingerprint density at radius 3 is 1.10 bits per heavy atom. The van der Waals surface area contributed by atoms with Crippen molar-refractivity contribution in [2.45, 2.75) is 322 Å². The predicted octanol–water partition coefficient (Wildman–Crippen LogP) is 18.7. The topological polar surface area (TPSA) is 95.9 Å². The lowest BCUT2D eigenvalue weighted by Gasteiger charge is -2.24. The number of carbonyl (C=O) groups is 2. The van der Waals surface area contributed by atoms with Crippen LogP contribution < -0.4 is 5.32 Å². The van der Waals surface area contributed by atoms with Crippen molar-refractivity contribution < 1.29 is 24.5 Å².